The van der Waals surface area contributed by atoms with Crippen molar-refractivity contribution in [2.24, 2.45) is 0 Å². The van der Waals surface area contributed by atoms with Crippen molar-refractivity contribution in [3.63, 3.8) is 0 Å². The molecule has 0 aromatic heterocycles. The molecule has 0 radical (unpaired) electrons. The van der Waals surface area contributed by atoms with Gasteiger partial charge < -0.3 is 9.64 Å². The smallest absolute Gasteiger partial charge is 0.253 e. The summed E-state index contributed by atoms with van der Waals surface area (Å²) in [7, 11) is -3.57. The third kappa shape index (κ3) is 5.50. The lowest BCUT2D eigenvalue weighted by Gasteiger charge is -2.26. The van der Waals surface area contributed by atoms with Crippen molar-refractivity contribution >= 4 is 15.9 Å². The van der Waals surface area contributed by atoms with Gasteiger partial charge >= 0.3 is 0 Å². The molecule has 0 unspecified atom stereocenters. The maximum absolute atomic E-state index is 12.4. The molecule has 1 aliphatic heterocycles. The molecular weight excluding hydrogens is 342 g/mol. The van der Waals surface area contributed by atoms with Crippen molar-refractivity contribution in [1.82, 2.24) is 14.5 Å². The highest BCUT2D eigenvalue weighted by atomic mass is 32.2. The predicted octanol–water partition coefficient (Wildman–Crippen LogP) is 0.779. The van der Waals surface area contributed by atoms with Crippen LogP contribution in [0.5, 0.6) is 0 Å². The van der Waals surface area contributed by atoms with E-state index >= 15 is 0 Å². The van der Waals surface area contributed by atoms with Gasteiger partial charge in [-0.2, -0.15) is 0 Å². The second-order valence-corrected chi connectivity index (χ2v) is 7.62. The lowest BCUT2D eigenvalue weighted by atomic mass is 10.2. The Bertz CT molecular complexity index is 651. The van der Waals surface area contributed by atoms with E-state index in [1.807, 2.05) is 13.8 Å². The van der Waals surface area contributed by atoms with Gasteiger partial charge in [-0.15, -0.1) is 0 Å². The SMILES string of the molecule is CCN(CC)C(=O)c1ccc(S(=O)(=O)NCCN2CCOCC2)cc1. The van der Waals surface area contributed by atoms with Crippen molar-refractivity contribution < 1.29 is 17.9 Å². The van der Waals surface area contributed by atoms with Gasteiger partial charge in [0.25, 0.3) is 5.91 Å². The number of nitrogens with one attached hydrogen (secondary N) is 1. The van der Waals surface area contributed by atoms with Crippen LogP contribution in [0.25, 0.3) is 0 Å². The first-order valence-corrected chi connectivity index (χ1v) is 10.2. The van der Waals surface area contributed by atoms with Gasteiger partial charge in [0, 0.05) is 44.8 Å². The quantitative estimate of drug-likeness (QED) is 0.733. The van der Waals surface area contributed by atoms with Gasteiger partial charge in [-0.05, 0) is 38.1 Å². The molecule has 0 aliphatic carbocycles. The third-order valence-electron chi connectivity index (χ3n) is 4.29. The Kier molecular flexibility index (Phi) is 7.37. The number of carbonyl (C=O) groups is 1. The molecule has 1 fully saturated rings. The fourth-order valence-electron chi connectivity index (χ4n) is 2.72. The molecule has 7 nitrogen and oxygen atoms in total. The van der Waals surface area contributed by atoms with E-state index < -0.39 is 10.0 Å². The molecule has 1 heterocycles. The average molecular weight is 369 g/mol. The first-order valence-electron chi connectivity index (χ1n) is 8.67. The highest BCUT2D eigenvalue weighted by molar-refractivity contribution is 7.89. The van der Waals surface area contributed by atoms with Crippen molar-refractivity contribution in [2.45, 2.75) is 18.7 Å². The van der Waals surface area contributed by atoms with E-state index in [1.165, 1.54) is 12.1 Å². The van der Waals surface area contributed by atoms with Crippen LogP contribution in [0.3, 0.4) is 0 Å². The lowest BCUT2D eigenvalue weighted by molar-refractivity contribution is 0.0390. The van der Waals surface area contributed by atoms with E-state index in [9.17, 15) is 13.2 Å². The van der Waals surface area contributed by atoms with Crippen LogP contribution in [-0.2, 0) is 14.8 Å². The Hall–Kier alpha value is -1.48. The van der Waals surface area contributed by atoms with E-state index in [4.69, 9.17) is 4.74 Å². The van der Waals surface area contributed by atoms with Gasteiger partial charge in [0.15, 0.2) is 0 Å². The minimum atomic E-state index is -3.57. The monoisotopic (exact) mass is 369 g/mol. The summed E-state index contributed by atoms with van der Waals surface area (Å²) in [4.78, 5) is 16.3. The molecule has 0 saturated carbocycles. The fourth-order valence-corrected chi connectivity index (χ4v) is 3.74. The third-order valence-corrected chi connectivity index (χ3v) is 5.76. The molecule has 1 aliphatic rings. The number of morpholine rings is 1. The Morgan fingerprint density at radius 2 is 1.76 bits per heavy atom. The Morgan fingerprint density at radius 1 is 1.16 bits per heavy atom. The number of sulfonamides is 1. The minimum Gasteiger partial charge on any atom is -0.379 e. The summed E-state index contributed by atoms with van der Waals surface area (Å²) in [5.41, 5.74) is 0.496. The maximum Gasteiger partial charge on any atom is 0.253 e. The average Bonchev–Trinajstić information content (AvgIpc) is 2.63. The summed E-state index contributed by atoms with van der Waals surface area (Å²) in [6.45, 7) is 9.11. The van der Waals surface area contributed by atoms with Crippen molar-refractivity contribution in [1.29, 1.82) is 0 Å². The summed E-state index contributed by atoms with van der Waals surface area (Å²) in [5.74, 6) is -0.0887. The Labute approximate surface area is 150 Å². The van der Waals surface area contributed by atoms with Gasteiger partial charge in [0.05, 0.1) is 18.1 Å². The van der Waals surface area contributed by atoms with Gasteiger partial charge in [-0.25, -0.2) is 13.1 Å². The number of ether oxygens (including phenoxy) is 1. The number of benzene rings is 1. The van der Waals surface area contributed by atoms with Gasteiger partial charge in [0.1, 0.15) is 0 Å². The zero-order chi connectivity index (χ0) is 18.3. The molecular formula is C17H27N3O4S. The normalized spacial score (nSPS) is 15.9. The van der Waals surface area contributed by atoms with Crippen LogP contribution in [0.1, 0.15) is 24.2 Å². The summed E-state index contributed by atoms with van der Waals surface area (Å²) in [6, 6.07) is 6.09. The number of hydrogen-bond acceptors (Lipinski definition) is 5. The van der Waals surface area contributed by atoms with Crippen LogP contribution < -0.4 is 4.72 Å². The van der Waals surface area contributed by atoms with Crippen LogP contribution >= 0.6 is 0 Å². The molecule has 1 aromatic rings. The van der Waals surface area contributed by atoms with E-state index in [0.717, 1.165) is 13.1 Å². The lowest BCUT2D eigenvalue weighted by Crippen LogP contribution is -2.41. The number of nitrogens with zero attached hydrogens (tertiary/aromatic N) is 2. The predicted molar refractivity (Wildman–Crippen MR) is 96.1 cm³/mol. The largest absolute Gasteiger partial charge is 0.379 e. The number of amides is 1. The van der Waals surface area contributed by atoms with E-state index in [0.29, 0.717) is 45.0 Å². The maximum atomic E-state index is 12.4. The Balaban J connectivity index is 1.93. The summed E-state index contributed by atoms with van der Waals surface area (Å²) in [5, 5.41) is 0. The van der Waals surface area contributed by atoms with E-state index in [1.54, 1.807) is 17.0 Å². The first kappa shape index (κ1) is 19.8. The van der Waals surface area contributed by atoms with Gasteiger partial charge in [0.2, 0.25) is 10.0 Å². The standard InChI is InChI=1S/C17H27N3O4S/c1-3-20(4-2)17(21)15-5-7-16(8-6-15)25(22,23)18-9-10-19-11-13-24-14-12-19/h5-8,18H,3-4,9-14H2,1-2H3. The zero-order valence-electron chi connectivity index (χ0n) is 14.9. The number of hydrogen-bond donors (Lipinski definition) is 1. The summed E-state index contributed by atoms with van der Waals surface area (Å²) in [6.07, 6.45) is 0. The molecule has 0 atom stereocenters. The molecule has 0 bridgehead atoms. The van der Waals surface area contributed by atoms with Crippen molar-refractivity contribution in [3.05, 3.63) is 29.8 Å². The van der Waals surface area contributed by atoms with Crippen LogP contribution in [0, 0.1) is 0 Å². The molecule has 140 valence electrons. The number of carbonyl (C=O) groups excluding carboxylic acids is 1. The van der Waals surface area contributed by atoms with Crippen LogP contribution in [0.2, 0.25) is 0 Å². The summed E-state index contributed by atoms with van der Waals surface area (Å²) >= 11 is 0. The highest BCUT2D eigenvalue weighted by Gasteiger charge is 2.17. The minimum absolute atomic E-state index is 0.0887. The molecule has 1 amide bonds. The molecule has 25 heavy (non-hydrogen) atoms. The van der Waals surface area contributed by atoms with Crippen molar-refractivity contribution in [2.75, 3.05) is 52.5 Å². The van der Waals surface area contributed by atoms with Crippen molar-refractivity contribution in [3.8, 4) is 0 Å². The van der Waals surface area contributed by atoms with Gasteiger partial charge in [-0.1, -0.05) is 0 Å². The fraction of sp³-hybridized carbons (Fsp3) is 0.588. The Morgan fingerprint density at radius 3 is 2.32 bits per heavy atom. The molecule has 1 saturated heterocycles. The first-order chi connectivity index (χ1) is 12.0. The van der Waals surface area contributed by atoms with Gasteiger partial charge in [-0.3, -0.25) is 9.69 Å². The molecule has 0 spiro atoms. The second-order valence-electron chi connectivity index (χ2n) is 5.85. The summed E-state index contributed by atoms with van der Waals surface area (Å²) < 4.78 is 32.6. The van der Waals surface area contributed by atoms with E-state index in [2.05, 4.69) is 9.62 Å². The zero-order valence-corrected chi connectivity index (χ0v) is 15.7. The van der Waals surface area contributed by atoms with Crippen LogP contribution in [0.15, 0.2) is 29.2 Å². The molecule has 1 aromatic carbocycles. The second kappa shape index (κ2) is 9.28. The van der Waals surface area contributed by atoms with E-state index in [-0.39, 0.29) is 10.8 Å². The van der Waals surface area contributed by atoms with Crippen LogP contribution in [0.4, 0.5) is 0 Å². The van der Waals surface area contributed by atoms with Crippen LogP contribution in [-0.4, -0.2) is 76.6 Å². The molecule has 2 rings (SSSR count). The number of rotatable bonds is 8. The highest BCUT2D eigenvalue weighted by Crippen LogP contribution is 2.12. The molecule has 8 heteroatoms. The molecule has 1 N–H and O–H groups in total. The topological polar surface area (TPSA) is 79.0 Å².